The SMILES string of the molecule is COc1cccc2c1CCCC2CCCN1CCN(c2ccc3cc([N+](=O)[O-])ccc3n2)CC1.Cl.Cl. The Labute approximate surface area is 224 Å². The number of nitrogens with zero attached hydrogens (tertiary/aromatic N) is 4. The van der Waals surface area contributed by atoms with Crippen LogP contribution in [-0.2, 0) is 6.42 Å². The summed E-state index contributed by atoms with van der Waals surface area (Å²) in [6.07, 6.45) is 6.12. The standard InChI is InChI=1S/C27H32N4O3.2ClH/c1-34-26-9-3-7-23-20(5-2-8-24(23)26)6-4-14-29-15-17-30(18-16-29)27-13-10-21-19-22(31(32)33)11-12-25(21)28-27;;/h3,7,9-13,19-20H,2,4-6,8,14-18H2,1H3;2*1H. The molecule has 194 valence electrons. The van der Waals surface area contributed by atoms with Gasteiger partial charge in [0.1, 0.15) is 11.6 Å². The minimum Gasteiger partial charge on any atom is -0.496 e. The molecule has 1 aromatic heterocycles. The number of non-ortho nitro benzene ring substituents is 1. The van der Waals surface area contributed by atoms with Crippen molar-refractivity contribution in [1.29, 1.82) is 0 Å². The first-order chi connectivity index (χ1) is 16.6. The Bertz CT molecular complexity index is 1180. The summed E-state index contributed by atoms with van der Waals surface area (Å²) in [6.45, 7) is 5.12. The van der Waals surface area contributed by atoms with Gasteiger partial charge in [0.05, 0.1) is 17.5 Å². The third-order valence-electron chi connectivity index (χ3n) is 7.40. The van der Waals surface area contributed by atoms with Crippen molar-refractivity contribution >= 4 is 47.2 Å². The third-order valence-corrected chi connectivity index (χ3v) is 7.40. The van der Waals surface area contributed by atoms with Crippen molar-refractivity contribution in [3.63, 3.8) is 0 Å². The van der Waals surface area contributed by atoms with Gasteiger partial charge in [-0.2, -0.15) is 0 Å². The Kier molecular flexibility index (Phi) is 9.77. The zero-order valence-electron chi connectivity index (χ0n) is 20.6. The normalized spacial score (nSPS) is 17.6. The second-order valence-corrected chi connectivity index (χ2v) is 9.39. The average Bonchev–Trinajstić information content (AvgIpc) is 2.88. The van der Waals surface area contributed by atoms with E-state index in [1.807, 2.05) is 12.1 Å². The molecule has 0 radical (unpaired) electrons. The summed E-state index contributed by atoms with van der Waals surface area (Å²) in [5.41, 5.74) is 3.83. The van der Waals surface area contributed by atoms with Gasteiger partial charge in [-0.3, -0.25) is 15.0 Å². The van der Waals surface area contributed by atoms with Crippen LogP contribution in [0.1, 0.15) is 42.7 Å². The number of piperazine rings is 1. The van der Waals surface area contributed by atoms with Crippen LogP contribution in [0.2, 0.25) is 0 Å². The molecule has 1 atom stereocenters. The van der Waals surface area contributed by atoms with E-state index in [2.05, 4.69) is 28.0 Å². The monoisotopic (exact) mass is 532 g/mol. The quantitative estimate of drug-likeness (QED) is 0.273. The van der Waals surface area contributed by atoms with E-state index in [-0.39, 0.29) is 35.4 Å². The van der Waals surface area contributed by atoms with E-state index in [1.54, 1.807) is 19.2 Å². The van der Waals surface area contributed by atoms with E-state index in [1.165, 1.54) is 42.9 Å². The number of halogens is 2. The number of hydrogen-bond acceptors (Lipinski definition) is 6. The fourth-order valence-electron chi connectivity index (χ4n) is 5.56. The fourth-order valence-corrected chi connectivity index (χ4v) is 5.56. The molecule has 1 aliphatic heterocycles. The lowest BCUT2D eigenvalue weighted by Gasteiger charge is -2.36. The number of anilines is 1. The minimum absolute atomic E-state index is 0. The number of benzene rings is 2. The van der Waals surface area contributed by atoms with Crippen LogP contribution in [0.3, 0.4) is 0 Å². The molecule has 5 rings (SSSR count). The lowest BCUT2D eigenvalue weighted by molar-refractivity contribution is -0.384. The third kappa shape index (κ3) is 6.02. The van der Waals surface area contributed by atoms with Gasteiger partial charge in [0, 0.05) is 43.7 Å². The Morgan fingerprint density at radius 1 is 1.08 bits per heavy atom. The second kappa shape index (κ2) is 12.6. The molecule has 0 N–H and O–H groups in total. The molecule has 2 aromatic carbocycles. The van der Waals surface area contributed by atoms with Crippen LogP contribution in [0.25, 0.3) is 10.9 Å². The summed E-state index contributed by atoms with van der Waals surface area (Å²) in [4.78, 5) is 20.3. The molecule has 9 heteroatoms. The molecule has 2 heterocycles. The first-order valence-corrected chi connectivity index (χ1v) is 12.3. The smallest absolute Gasteiger partial charge is 0.270 e. The van der Waals surface area contributed by atoms with Gasteiger partial charge in [0.25, 0.3) is 5.69 Å². The topological polar surface area (TPSA) is 71.7 Å². The van der Waals surface area contributed by atoms with Gasteiger partial charge in [-0.05, 0) is 80.0 Å². The van der Waals surface area contributed by atoms with Crippen LogP contribution >= 0.6 is 24.8 Å². The number of nitro benzene ring substituents is 1. The highest BCUT2D eigenvalue weighted by Crippen LogP contribution is 2.39. The molecule has 1 unspecified atom stereocenters. The highest BCUT2D eigenvalue weighted by molar-refractivity contribution is 5.85. The predicted octanol–water partition coefficient (Wildman–Crippen LogP) is 6.02. The summed E-state index contributed by atoms with van der Waals surface area (Å²) < 4.78 is 5.60. The fraction of sp³-hybridized carbons (Fsp3) is 0.444. The van der Waals surface area contributed by atoms with Crippen molar-refractivity contribution in [2.45, 2.75) is 38.0 Å². The zero-order chi connectivity index (χ0) is 23.5. The van der Waals surface area contributed by atoms with Crippen LogP contribution in [0.5, 0.6) is 5.75 Å². The number of hydrogen-bond donors (Lipinski definition) is 0. The molecule has 1 saturated heterocycles. The molecule has 0 spiro atoms. The van der Waals surface area contributed by atoms with Crippen molar-refractivity contribution < 1.29 is 9.66 Å². The highest BCUT2D eigenvalue weighted by atomic mass is 35.5. The van der Waals surface area contributed by atoms with Crippen molar-refractivity contribution in [2.75, 3.05) is 44.7 Å². The molecular formula is C27H34Cl2N4O3. The molecule has 0 amide bonds. The molecule has 1 fully saturated rings. The molecule has 0 saturated carbocycles. The number of rotatable bonds is 7. The van der Waals surface area contributed by atoms with Gasteiger partial charge in [-0.1, -0.05) is 12.1 Å². The molecule has 3 aromatic rings. The maximum Gasteiger partial charge on any atom is 0.270 e. The Morgan fingerprint density at radius 3 is 2.64 bits per heavy atom. The van der Waals surface area contributed by atoms with Crippen molar-refractivity contribution in [3.8, 4) is 5.75 Å². The molecule has 2 aliphatic rings. The Morgan fingerprint density at radius 2 is 1.89 bits per heavy atom. The lowest BCUT2D eigenvalue weighted by atomic mass is 9.80. The molecular weight excluding hydrogens is 499 g/mol. The van der Waals surface area contributed by atoms with E-state index >= 15 is 0 Å². The van der Waals surface area contributed by atoms with E-state index in [0.29, 0.717) is 5.92 Å². The zero-order valence-corrected chi connectivity index (χ0v) is 22.2. The van der Waals surface area contributed by atoms with Crippen LogP contribution in [0.4, 0.5) is 11.5 Å². The first-order valence-electron chi connectivity index (χ1n) is 12.3. The van der Waals surface area contributed by atoms with Crippen LogP contribution in [0.15, 0.2) is 48.5 Å². The Balaban J connectivity index is 0.00000180. The first kappa shape index (κ1) is 28.0. The predicted molar refractivity (Wildman–Crippen MR) is 149 cm³/mol. The summed E-state index contributed by atoms with van der Waals surface area (Å²) in [6, 6.07) is 15.3. The van der Waals surface area contributed by atoms with Gasteiger partial charge in [0.15, 0.2) is 0 Å². The van der Waals surface area contributed by atoms with E-state index in [0.717, 1.165) is 61.6 Å². The Hall–Kier alpha value is -2.61. The molecule has 7 nitrogen and oxygen atoms in total. The largest absolute Gasteiger partial charge is 0.496 e. The van der Waals surface area contributed by atoms with Crippen LogP contribution in [0, 0.1) is 10.1 Å². The average molecular weight is 534 g/mol. The van der Waals surface area contributed by atoms with E-state index < -0.39 is 0 Å². The molecule has 1 aliphatic carbocycles. The summed E-state index contributed by atoms with van der Waals surface area (Å²) in [5, 5.41) is 11.8. The number of ether oxygens (including phenoxy) is 1. The highest BCUT2D eigenvalue weighted by Gasteiger charge is 2.23. The van der Waals surface area contributed by atoms with Crippen molar-refractivity contribution in [2.24, 2.45) is 0 Å². The summed E-state index contributed by atoms with van der Waals surface area (Å²) in [5.74, 6) is 2.66. The van der Waals surface area contributed by atoms with Gasteiger partial charge >= 0.3 is 0 Å². The van der Waals surface area contributed by atoms with Crippen molar-refractivity contribution in [1.82, 2.24) is 9.88 Å². The van der Waals surface area contributed by atoms with Gasteiger partial charge in [-0.15, -0.1) is 24.8 Å². The number of aromatic nitrogens is 1. The van der Waals surface area contributed by atoms with E-state index in [4.69, 9.17) is 9.72 Å². The number of pyridine rings is 1. The maximum atomic E-state index is 11.0. The number of nitro groups is 1. The summed E-state index contributed by atoms with van der Waals surface area (Å²) in [7, 11) is 1.78. The molecule has 0 bridgehead atoms. The van der Waals surface area contributed by atoms with E-state index in [9.17, 15) is 10.1 Å². The maximum absolute atomic E-state index is 11.0. The number of methoxy groups -OCH3 is 1. The minimum atomic E-state index is -0.365. The molecule has 36 heavy (non-hydrogen) atoms. The van der Waals surface area contributed by atoms with Gasteiger partial charge in [-0.25, -0.2) is 4.98 Å². The van der Waals surface area contributed by atoms with Crippen LogP contribution in [-0.4, -0.2) is 54.6 Å². The summed E-state index contributed by atoms with van der Waals surface area (Å²) >= 11 is 0. The van der Waals surface area contributed by atoms with Crippen molar-refractivity contribution in [3.05, 3.63) is 69.8 Å². The lowest BCUT2D eigenvalue weighted by Crippen LogP contribution is -2.47. The van der Waals surface area contributed by atoms with Crippen LogP contribution < -0.4 is 9.64 Å². The number of fused-ring (bicyclic) bond motifs is 2. The van der Waals surface area contributed by atoms with Gasteiger partial charge in [0.2, 0.25) is 0 Å². The second-order valence-electron chi connectivity index (χ2n) is 9.39. The van der Waals surface area contributed by atoms with Gasteiger partial charge < -0.3 is 9.64 Å².